The van der Waals surface area contributed by atoms with Crippen molar-refractivity contribution < 1.29 is 4.79 Å². The number of aromatic nitrogens is 3. The number of nitrogens with one attached hydrogen (secondary N) is 1. The van der Waals surface area contributed by atoms with Crippen LogP contribution < -0.4 is 16.6 Å². The van der Waals surface area contributed by atoms with Gasteiger partial charge in [0.15, 0.2) is 0 Å². The molecule has 1 aliphatic rings. The van der Waals surface area contributed by atoms with Crippen molar-refractivity contribution in [3.8, 4) is 17.3 Å². The van der Waals surface area contributed by atoms with Crippen molar-refractivity contribution in [2.45, 2.75) is 51.7 Å². The van der Waals surface area contributed by atoms with Gasteiger partial charge in [-0.2, -0.15) is 5.26 Å². The van der Waals surface area contributed by atoms with Gasteiger partial charge in [-0.3, -0.25) is 19.1 Å². The van der Waals surface area contributed by atoms with Crippen LogP contribution >= 0.6 is 0 Å². The molecule has 4 rings (SSSR count). The average molecular weight is 469 g/mol. The summed E-state index contributed by atoms with van der Waals surface area (Å²) in [6.07, 6.45) is 6.93. The molecule has 2 heterocycles. The van der Waals surface area contributed by atoms with Crippen LogP contribution in [0.5, 0.6) is 0 Å². The maximum atomic E-state index is 13.0. The molecular weight excluding hydrogens is 440 g/mol. The lowest BCUT2D eigenvalue weighted by Gasteiger charge is -2.19. The molecule has 0 saturated heterocycles. The second kappa shape index (κ2) is 9.65. The summed E-state index contributed by atoms with van der Waals surface area (Å²) in [6, 6.07) is 13.5. The van der Waals surface area contributed by atoms with Gasteiger partial charge in [-0.05, 0) is 50.8 Å². The fraction of sp³-hybridized carbons (Fsp3) is 0.296. The van der Waals surface area contributed by atoms with E-state index in [0.29, 0.717) is 28.7 Å². The number of benzene rings is 1. The first-order chi connectivity index (χ1) is 16.7. The number of pyridine rings is 1. The summed E-state index contributed by atoms with van der Waals surface area (Å²) in [5.41, 5.74) is 8.76. The number of nitriles is 1. The maximum absolute atomic E-state index is 13.0. The molecular formula is C27H28N6O2. The van der Waals surface area contributed by atoms with Crippen molar-refractivity contribution in [2.24, 2.45) is 5.73 Å². The van der Waals surface area contributed by atoms with E-state index in [1.54, 1.807) is 33.0 Å². The Morgan fingerprint density at radius 1 is 1.26 bits per heavy atom. The summed E-state index contributed by atoms with van der Waals surface area (Å²) in [5.74, 6) is -0.362. The third-order valence-corrected chi connectivity index (χ3v) is 6.02. The molecule has 0 radical (unpaired) electrons. The highest BCUT2D eigenvalue weighted by Gasteiger charge is 2.22. The molecule has 0 amide bonds. The first-order valence-corrected chi connectivity index (χ1v) is 11.5. The van der Waals surface area contributed by atoms with E-state index >= 15 is 0 Å². The molecule has 1 aliphatic carbocycles. The summed E-state index contributed by atoms with van der Waals surface area (Å²) in [5, 5.41) is 12.9. The number of rotatable bonds is 8. The molecule has 0 aliphatic heterocycles. The van der Waals surface area contributed by atoms with E-state index in [9.17, 15) is 14.9 Å². The second-order valence-corrected chi connectivity index (χ2v) is 9.30. The molecule has 0 spiro atoms. The Labute approximate surface area is 204 Å². The minimum Gasteiger partial charge on any atom is -0.398 e. The van der Waals surface area contributed by atoms with Gasteiger partial charge < -0.3 is 11.1 Å². The van der Waals surface area contributed by atoms with E-state index in [1.165, 1.54) is 35.7 Å². The van der Waals surface area contributed by atoms with E-state index in [0.717, 1.165) is 17.7 Å². The van der Waals surface area contributed by atoms with Gasteiger partial charge in [0.1, 0.15) is 11.2 Å². The number of nitrogens with zero attached hydrogens (tertiary/aromatic N) is 4. The molecule has 3 N–H and O–H groups in total. The topological polar surface area (TPSA) is 127 Å². The molecule has 8 nitrogen and oxygen atoms in total. The normalized spacial score (nSPS) is 13.9. The second-order valence-electron chi connectivity index (χ2n) is 9.30. The summed E-state index contributed by atoms with van der Waals surface area (Å²) in [7, 11) is 0. The molecule has 2 aromatic heterocycles. The largest absolute Gasteiger partial charge is 0.398 e. The van der Waals surface area contributed by atoms with Crippen LogP contribution in [0.2, 0.25) is 0 Å². The van der Waals surface area contributed by atoms with Crippen LogP contribution in [-0.2, 0) is 12.1 Å². The Morgan fingerprint density at radius 3 is 2.63 bits per heavy atom. The summed E-state index contributed by atoms with van der Waals surface area (Å²) in [4.78, 5) is 34.2. The van der Waals surface area contributed by atoms with Gasteiger partial charge in [-0.1, -0.05) is 24.3 Å². The van der Waals surface area contributed by atoms with Crippen molar-refractivity contribution in [1.29, 1.82) is 5.26 Å². The minimum absolute atomic E-state index is 0.174. The molecule has 35 heavy (non-hydrogen) atoms. The Balaban J connectivity index is 1.58. The lowest BCUT2D eigenvalue weighted by Crippen LogP contribution is -2.34. The van der Waals surface area contributed by atoms with Crippen LogP contribution in [-0.4, -0.2) is 26.4 Å². The molecule has 8 heteroatoms. The van der Waals surface area contributed by atoms with Gasteiger partial charge in [0, 0.05) is 42.2 Å². The summed E-state index contributed by atoms with van der Waals surface area (Å²) < 4.78 is 1.34. The molecule has 1 fully saturated rings. The van der Waals surface area contributed by atoms with Gasteiger partial charge in [0.25, 0.3) is 5.56 Å². The number of hydrogen-bond acceptors (Lipinski definition) is 7. The van der Waals surface area contributed by atoms with Gasteiger partial charge in [-0.25, -0.2) is 4.98 Å². The fourth-order valence-corrected chi connectivity index (χ4v) is 3.61. The van der Waals surface area contributed by atoms with Crippen LogP contribution in [0.15, 0.2) is 59.7 Å². The zero-order valence-electron chi connectivity index (χ0n) is 20.1. The molecule has 1 saturated carbocycles. The van der Waals surface area contributed by atoms with E-state index in [1.807, 2.05) is 24.3 Å². The van der Waals surface area contributed by atoms with Gasteiger partial charge in [0.2, 0.25) is 5.78 Å². The highest BCUT2D eigenvalue weighted by molar-refractivity contribution is 6.07. The number of hydrogen-bond donors (Lipinski definition) is 2. The van der Waals surface area contributed by atoms with Crippen LogP contribution in [0.4, 0.5) is 0 Å². The highest BCUT2D eigenvalue weighted by atomic mass is 16.1. The van der Waals surface area contributed by atoms with Crippen molar-refractivity contribution in [1.82, 2.24) is 19.9 Å². The monoisotopic (exact) mass is 468 g/mol. The predicted molar refractivity (Wildman–Crippen MR) is 134 cm³/mol. The van der Waals surface area contributed by atoms with Crippen LogP contribution in [0, 0.1) is 18.3 Å². The molecule has 3 aromatic rings. The standard InChI is InChI=1S/C27H28N6O2/c1-17-26(24(34)12-22(29)19-6-4-18(5-7-19)13-31-21-9-10-21)32-23(14-30-17)20-8-11-25(35)33(15-20)27(2,3)16-28/h4-8,11-12,14-15,21,31H,9-10,13,29H2,1-3H3. The molecule has 0 atom stereocenters. The molecule has 178 valence electrons. The van der Waals surface area contributed by atoms with Crippen molar-refractivity contribution >= 4 is 11.5 Å². The van der Waals surface area contributed by atoms with Gasteiger partial charge in [-0.15, -0.1) is 0 Å². The Kier molecular flexibility index (Phi) is 6.63. The zero-order chi connectivity index (χ0) is 25.2. The van der Waals surface area contributed by atoms with Crippen LogP contribution in [0.3, 0.4) is 0 Å². The van der Waals surface area contributed by atoms with Crippen molar-refractivity contribution in [2.75, 3.05) is 0 Å². The van der Waals surface area contributed by atoms with Gasteiger partial charge >= 0.3 is 0 Å². The van der Waals surface area contributed by atoms with Crippen LogP contribution in [0.25, 0.3) is 17.0 Å². The number of aryl methyl sites for hydroxylation is 1. The van der Waals surface area contributed by atoms with Crippen molar-refractivity contribution in [3.05, 3.63) is 87.7 Å². The fourth-order valence-electron chi connectivity index (χ4n) is 3.61. The number of allylic oxidation sites excluding steroid dienone is 1. The number of carbonyl (C=O) groups excluding carboxylic acids is 1. The lowest BCUT2D eigenvalue weighted by molar-refractivity contribution is 0.104. The maximum Gasteiger partial charge on any atom is 0.251 e. The first kappa shape index (κ1) is 24.0. The van der Waals surface area contributed by atoms with E-state index in [2.05, 4.69) is 21.4 Å². The Hall–Kier alpha value is -4.09. The van der Waals surface area contributed by atoms with E-state index in [-0.39, 0.29) is 17.0 Å². The zero-order valence-corrected chi connectivity index (χ0v) is 20.1. The lowest BCUT2D eigenvalue weighted by atomic mass is 10.1. The molecule has 0 bridgehead atoms. The average Bonchev–Trinajstić information content (AvgIpc) is 3.68. The third-order valence-electron chi connectivity index (χ3n) is 6.02. The van der Waals surface area contributed by atoms with E-state index in [4.69, 9.17) is 5.73 Å². The number of carbonyl (C=O) groups is 1. The molecule has 1 aromatic carbocycles. The van der Waals surface area contributed by atoms with E-state index < -0.39 is 5.54 Å². The summed E-state index contributed by atoms with van der Waals surface area (Å²) in [6.45, 7) is 5.82. The minimum atomic E-state index is -1.04. The third kappa shape index (κ3) is 5.53. The first-order valence-electron chi connectivity index (χ1n) is 11.5. The highest BCUT2D eigenvalue weighted by Crippen LogP contribution is 2.21. The summed E-state index contributed by atoms with van der Waals surface area (Å²) >= 11 is 0. The predicted octanol–water partition coefficient (Wildman–Crippen LogP) is 3.31. The van der Waals surface area contributed by atoms with Crippen LogP contribution in [0.1, 0.15) is 54.0 Å². The Morgan fingerprint density at radius 2 is 1.97 bits per heavy atom. The van der Waals surface area contributed by atoms with Crippen molar-refractivity contribution in [3.63, 3.8) is 0 Å². The SMILES string of the molecule is Cc1ncc(-c2ccc(=O)n(C(C)(C)C#N)c2)nc1C(=O)C=C(N)c1ccc(CNC2CC2)cc1. The quantitative estimate of drug-likeness (QED) is 0.383. The van der Waals surface area contributed by atoms with Gasteiger partial charge in [0.05, 0.1) is 23.7 Å². The Bertz CT molecular complexity index is 1390. The number of ketones is 1. The molecule has 0 unspecified atom stereocenters. The smallest absolute Gasteiger partial charge is 0.251 e. The number of nitrogens with two attached hydrogens (primary N) is 1.